The summed E-state index contributed by atoms with van der Waals surface area (Å²) in [6.45, 7) is 8.74. The molecule has 1 nitrogen and oxygen atoms in total. The van der Waals surface area contributed by atoms with Crippen LogP contribution in [0.2, 0.25) is 0 Å². The molecule has 0 saturated carbocycles. The molecule has 0 radical (unpaired) electrons. The zero-order chi connectivity index (χ0) is 19.1. The Balaban J connectivity index is 2.07. The van der Waals surface area contributed by atoms with E-state index in [2.05, 4.69) is 106 Å². The summed E-state index contributed by atoms with van der Waals surface area (Å²) in [7, 11) is 2.16. The van der Waals surface area contributed by atoms with Crippen molar-refractivity contribution in [3.63, 3.8) is 0 Å². The Morgan fingerprint density at radius 2 is 1.33 bits per heavy atom. The maximum absolute atomic E-state index is 2.32. The van der Waals surface area contributed by atoms with Gasteiger partial charge in [0.25, 0.3) is 0 Å². The molecule has 0 N–H and O–H groups in total. The van der Waals surface area contributed by atoms with E-state index in [0.29, 0.717) is 0 Å². The number of benzene rings is 3. The highest BCUT2D eigenvalue weighted by Gasteiger charge is 2.21. The Labute approximate surface area is 161 Å². The Morgan fingerprint density at radius 1 is 0.667 bits per heavy atom. The molecule has 0 aliphatic rings. The number of pyridine rings is 1. The van der Waals surface area contributed by atoms with Gasteiger partial charge in [-0.25, -0.2) is 0 Å². The van der Waals surface area contributed by atoms with Crippen LogP contribution in [0.1, 0.15) is 22.3 Å². The largest absolute Gasteiger partial charge is 0.220 e. The molecule has 0 fully saturated rings. The Hall–Kier alpha value is -2.93. The van der Waals surface area contributed by atoms with Gasteiger partial charge in [-0.2, -0.15) is 4.57 Å². The van der Waals surface area contributed by atoms with Crippen molar-refractivity contribution in [3.05, 3.63) is 89.1 Å². The summed E-state index contributed by atoms with van der Waals surface area (Å²) in [6.07, 6.45) is 2.28. The number of fused-ring (bicyclic) bond motifs is 1. The van der Waals surface area contributed by atoms with E-state index in [4.69, 9.17) is 0 Å². The van der Waals surface area contributed by atoms with E-state index in [1.165, 1.54) is 55.4 Å². The van der Waals surface area contributed by atoms with Gasteiger partial charge in [-0.3, -0.25) is 0 Å². The second kappa shape index (κ2) is 6.66. The maximum atomic E-state index is 2.32. The van der Waals surface area contributed by atoms with Crippen molar-refractivity contribution in [3.8, 4) is 22.4 Å². The molecule has 0 saturated heterocycles. The van der Waals surface area contributed by atoms with Crippen molar-refractivity contribution in [2.45, 2.75) is 27.7 Å². The van der Waals surface area contributed by atoms with Crippen LogP contribution in [-0.4, -0.2) is 0 Å². The minimum atomic E-state index is 1.26. The van der Waals surface area contributed by atoms with Crippen molar-refractivity contribution < 1.29 is 4.57 Å². The van der Waals surface area contributed by atoms with E-state index >= 15 is 0 Å². The minimum absolute atomic E-state index is 1.26. The van der Waals surface area contributed by atoms with E-state index in [0.717, 1.165) is 0 Å². The second-order valence-corrected chi connectivity index (χ2v) is 7.67. The molecule has 0 spiro atoms. The molecule has 4 aromatic rings. The van der Waals surface area contributed by atoms with Gasteiger partial charge >= 0.3 is 0 Å². The summed E-state index contributed by atoms with van der Waals surface area (Å²) < 4.78 is 2.29. The van der Waals surface area contributed by atoms with Crippen LogP contribution in [0.15, 0.2) is 66.9 Å². The average molecular weight is 353 g/mol. The van der Waals surface area contributed by atoms with Gasteiger partial charge in [0, 0.05) is 5.39 Å². The summed E-state index contributed by atoms with van der Waals surface area (Å²) >= 11 is 0. The van der Waals surface area contributed by atoms with Gasteiger partial charge in [0.15, 0.2) is 6.20 Å². The fourth-order valence-corrected chi connectivity index (χ4v) is 4.03. The predicted octanol–water partition coefficient (Wildman–Crippen LogP) is 6.23. The van der Waals surface area contributed by atoms with Crippen LogP contribution >= 0.6 is 0 Å². The summed E-state index contributed by atoms with van der Waals surface area (Å²) in [4.78, 5) is 0. The van der Waals surface area contributed by atoms with Crippen LogP contribution in [-0.2, 0) is 7.05 Å². The van der Waals surface area contributed by atoms with Gasteiger partial charge in [-0.05, 0) is 56.5 Å². The first-order valence-electron chi connectivity index (χ1n) is 9.52. The molecule has 134 valence electrons. The second-order valence-electron chi connectivity index (χ2n) is 7.67. The fraction of sp³-hybridized carbons (Fsp3) is 0.192. The van der Waals surface area contributed by atoms with E-state index in [1.54, 1.807) is 0 Å². The molecule has 0 unspecified atom stereocenters. The highest BCUT2D eigenvalue weighted by Crippen LogP contribution is 2.35. The van der Waals surface area contributed by atoms with Gasteiger partial charge in [-0.1, -0.05) is 59.7 Å². The van der Waals surface area contributed by atoms with Crippen LogP contribution in [0.3, 0.4) is 0 Å². The maximum Gasteiger partial charge on any atom is 0.220 e. The van der Waals surface area contributed by atoms with Gasteiger partial charge in [0.2, 0.25) is 5.69 Å². The zero-order valence-corrected chi connectivity index (χ0v) is 16.8. The molecular formula is C26H26N+. The first-order chi connectivity index (χ1) is 13.0. The SMILES string of the molecule is Cc1ccc(-c2c[n+](C)c(-c3cc(C)cc(C)c3C)c3ccccc23)cc1. The first-order valence-corrected chi connectivity index (χ1v) is 9.52. The highest BCUT2D eigenvalue weighted by atomic mass is 14.9. The lowest BCUT2D eigenvalue weighted by Gasteiger charge is -2.14. The smallest absolute Gasteiger partial charge is 0.200 e. The van der Waals surface area contributed by atoms with Crippen molar-refractivity contribution in [2.24, 2.45) is 7.05 Å². The van der Waals surface area contributed by atoms with Crippen LogP contribution in [0.25, 0.3) is 33.2 Å². The quantitative estimate of drug-likeness (QED) is 0.376. The van der Waals surface area contributed by atoms with Gasteiger partial charge in [0.05, 0.1) is 16.5 Å². The van der Waals surface area contributed by atoms with E-state index < -0.39 is 0 Å². The van der Waals surface area contributed by atoms with Crippen molar-refractivity contribution in [1.82, 2.24) is 0 Å². The normalized spacial score (nSPS) is 11.1. The fourth-order valence-electron chi connectivity index (χ4n) is 4.03. The summed E-state index contributed by atoms with van der Waals surface area (Å²) in [5.74, 6) is 0. The summed E-state index contributed by atoms with van der Waals surface area (Å²) in [5.41, 5.74) is 10.4. The number of aromatic nitrogens is 1. The van der Waals surface area contributed by atoms with E-state index in [-0.39, 0.29) is 0 Å². The molecule has 1 aromatic heterocycles. The molecule has 0 amide bonds. The van der Waals surface area contributed by atoms with E-state index in [1.807, 2.05) is 0 Å². The molecule has 1 heterocycles. The summed E-state index contributed by atoms with van der Waals surface area (Å²) in [6, 6.07) is 22.2. The number of hydrogen-bond acceptors (Lipinski definition) is 0. The molecule has 27 heavy (non-hydrogen) atoms. The predicted molar refractivity (Wildman–Crippen MR) is 115 cm³/mol. The van der Waals surface area contributed by atoms with Crippen LogP contribution in [0.5, 0.6) is 0 Å². The van der Waals surface area contributed by atoms with Crippen LogP contribution in [0, 0.1) is 27.7 Å². The lowest BCUT2D eigenvalue weighted by atomic mass is 9.92. The number of hydrogen-bond donors (Lipinski definition) is 0. The number of aryl methyl sites for hydroxylation is 4. The van der Waals surface area contributed by atoms with Crippen molar-refractivity contribution >= 4 is 10.8 Å². The third-order valence-electron chi connectivity index (χ3n) is 5.58. The lowest BCUT2D eigenvalue weighted by Crippen LogP contribution is -2.31. The van der Waals surface area contributed by atoms with Crippen molar-refractivity contribution in [1.29, 1.82) is 0 Å². The molecule has 0 atom stereocenters. The number of nitrogens with zero attached hydrogens (tertiary/aromatic N) is 1. The zero-order valence-electron chi connectivity index (χ0n) is 16.8. The monoisotopic (exact) mass is 352 g/mol. The summed E-state index contributed by atoms with van der Waals surface area (Å²) in [5, 5.41) is 2.60. The Morgan fingerprint density at radius 3 is 2.04 bits per heavy atom. The lowest BCUT2D eigenvalue weighted by molar-refractivity contribution is -0.658. The minimum Gasteiger partial charge on any atom is -0.200 e. The topological polar surface area (TPSA) is 3.88 Å². The molecular weight excluding hydrogens is 326 g/mol. The van der Waals surface area contributed by atoms with E-state index in [9.17, 15) is 0 Å². The standard InChI is InChI=1S/C26H26N/c1-17-10-12-21(13-11-17)25-16-27(5)26(23-9-7-6-8-22(23)25)24-15-18(2)14-19(3)20(24)4/h6-16H,1-5H3/q+1. The Kier molecular flexibility index (Phi) is 4.31. The van der Waals surface area contributed by atoms with Gasteiger partial charge in [0.1, 0.15) is 7.05 Å². The third kappa shape index (κ3) is 3.04. The van der Waals surface area contributed by atoms with Gasteiger partial charge < -0.3 is 0 Å². The first kappa shape index (κ1) is 17.5. The molecule has 1 heteroatoms. The third-order valence-corrected chi connectivity index (χ3v) is 5.58. The molecule has 3 aromatic carbocycles. The van der Waals surface area contributed by atoms with Crippen LogP contribution < -0.4 is 4.57 Å². The number of rotatable bonds is 2. The average Bonchev–Trinajstić information content (AvgIpc) is 2.65. The highest BCUT2D eigenvalue weighted by molar-refractivity contribution is 6.02. The molecule has 0 bridgehead atoms. The Bertz CT molecular complexity index is 1150. The van der Waals surface area contributed by atoms with Gasteiger partial charge in [-0.15, -0.1) is 0 Å². The molecule has 0 aliphatic carbocycles. The van der Waals surface area contributed by atoms with Crippen LogP contribution in [0.4, 0.5) is 0 Å². The molecule has 4 rings (SSSR count). The van der Waals surface area contributed by atoms with Crippen molar-refractivity contribution in [2.75, 3.05) is 0 Å². The molecule has 0 aliphatic heterocycles.